The lowest BCUT2D eigenvalue weighted by atomic mass is 9.98. The Morgan fingerprint density at radius 2 is 1.90 bits per heavy atom. The third kappa shape index (κ3) is 6.68. The van der Waals surface area contributed by atoms with E-state index >= 15 is 0 Å². The lowest BCUT2D eigenvalue weighted by molar-refractivity contribution is -0.127. The summed E-state index contributed by atoms with van der Waals surface area (Å²) in [5.41, 5.74) is 2.02. The van der Waals surface area contributed by atoms with E-state index in [-0.39, 0.29) is 17.7 Å². The highest BCUT2D eigenvalue weighted by molar-refractivity contribution is 7.18. The molecule has 2 N–H and O–H groups in total. The smallest absolute Gasteiger partial charge is 0.249 e. The third-order valence-electron chi connectivity index (χ3n) is 4.64. The second kappa shape index (κ2) is 11.1. The molecule has 2 unspecified atom stereocenters. The van der Waals surface area contributed by atoms with Crippen molar-refractivity contribution in [2.24, 2.45) is 5.92 Å². The molecule has 29 heavy (non-hydrogen) atoms. The normalized spacial score (nSPS) is 12.9. The van der Waals surface area contributed by atoms with Crippen LogP contribution in [0, 0.1) is 5.92 Å². The van der Waals surface area contributed by atoms with Gasteiger partial charge < -0.3 is 10.2 Å². The lowest BCUT2D eigenvalue weighted by Crippen LogP contribution is -2.47. The van der Waals surface area contributed by atoms with Crippen LogP contribution in [0.25, 0.3) is 10.6 Å². The van der Waals surface area contributed by atoms with Crippen LogP contribution < -0.4 is 15.5 Å². The molecule has 1 heterocycles. The van der Waals surface area contributed by atoms with Crippen LogP contribution in [0.15, 0.2) is 24.3 Å². The second-order valence-electron chi connectivity index (χ2n) is 7.07. The Morgan fingerprint density at radius 3 is 2.48 bits per heavy atom. The van der Waals surface area contributed by atoms with E-state index in [1.807, 2.05) is 57.1 Å². The number of halogens is 1. The van der Waals surface area contributed by atoms with Crippen molar-refractivity contribution in [3.8, 4) is 10.6 Å². The number of nitrogens with one attached hydrogen (secondary N) is 2. The summed E-state index contributed by atoms with van der Waals surface area (Å²) in [7, 11) is 3.96. The fourth-order valence-corrected chi connectivity index (χ4v) is 3.54. The lowest BCUT2D eigenvalue weighted by Gasteiger charge is -2.22. The van der Waals surface area contributed by atoms with E-state index in [0.29, 0.717) is 23.9 Å². The molecule has 2 amide bonds. The molecule has 0 fully saturated rings. The molecule has 158 valence electrons. The Morgan fingerprint density at radius 1 is 1.21 bits per heavy atom. The molecular weight excluding hydrogens is 410 g/mol. The van der Waals surface area contributed by atoms with Gasteiger partial charge in [0.1, 0.15) is 11.0 Å². The number of aromatic nitrogens is 2. The maximum atomic E-state index is 12.8. The van der Waals surface area contributed by atoms with Crippen molar-refractivity contribution in [2.45, 2.75) is 39.2 Å². The predicted octanol–water partition coefficient (Wildman–Crippen LogP) is 3.76. The minimum atomic E-state index is -0.630. The van der Waals surface area contributed by atoms with E-state index in [9.17, 15) is 9.59 Å². The highest BCUT2D eigenvalue weighted by Gasteiger charge is 2.26. The van der Waals surface area contributed by atoms with Crippen molar-refractivity contribution in [2.75, 3.05) is 30.2 Å². The Labute approximate surface area is 180 Å². The molecular formula is C20H28ClN5O2S. The molecule has 0 aliphatic carbocycles. The summed E-state index contributed by atoms with van der Waals surface area (Å²) in [5.74, 6) is -0.0633. The standard InChI is InChI=1S/C20H28ClN5O2S/c1-5-13(2)17(22-16(27)7-6-12-21)18(28)23-20-25-24-19(29-20)14-8-10-15(11-9-14)26(3)4/h8-11,13,17H,5-7,12H2,1-4H3,(H,22,27)(H,23,25,28). The number of carbonyl (C=O) groups is 2. The monoisotopic (exact) mass is 437 g/mol. The first-order valence-corrected chi connectivity index (χ1v) is 11.0. The molecule has 0 spiro atoms. The summed E-state index contributed by atoms with van der Waals surface area (Å²) in [6.45, 7) is 3.92. The molecule has 0 aliphatic heterocycles. The fourth-order valence-electron chi connectivity index (χ4n) is 2.65. The van der Waals surface area contributed by atoms with Gasteiger partial charge in [-0.2, -0.15) is 0 Å². The van der Waals surface area contributed by atoms with E-state index in [1.165, 1.54) is 11.3 Å². The van der Waals surface area contributed by atoms with E-state index in [4.69, 9.17) is 11.6 Å². The molecule has 1 aromatic heterocycles. The number of benzene rings is 1. The molecule has 0 saturated carbocycles. The van der Waals surface area contributed by atoms with Gasteiger partial charge in [-0.05, 0) is 36.6 Å². The number of anilines is 2. The molecule has 0 radical (unpaired) electrons. The average Bonchev–Trinajstić information content (AvgIpc) is 3.18. The molecule has 2 rings (SSSR count). The zero-order valence-electron chi connectivity index (χ0n) is 17.2. The van der Waals surface area contributed by atoms with E-state index in [2.05, 4.69) is 20.8 Å². The molecule has 1 aromatic carbocycles. The van der Waals surface area contributed by atoms with Gasteiger partial charge in [-0.3, -0.25) is 14.9 Å². The van der Waals surface area contributed by atoms with Crippen molar-refractivity contribution in [1.82, 2.24) is 15.5 Å². The van der Waals surface area contributed by atoms with Crippen LogP contribution >= 0.6 is 22.9 Å². The molecule has 9 heteroatoms. The largest absolute Gasteiger partial charge is 0.378 e. The van der Waals surface area contributed by atoms with Crippen molar-refractivity contribution in [3.63, 3.8) is 0 Å². The Bertz CT molecular complexity index is 809. The van der Waals surface area contributed by atoms with Crippen LogP contribution in [0.1, 0.15) is 33.1 Å². The third-order valence-corrected chi connectivity index (χ3v) is 5.79. The summed E-state index contributed by atoms with van der Waals surface area (Å²) in [6.07, 6.45) is 1.64. The van der Waals surface area contributed by atoms with Crippen LogP contribution in [-0.2, 0) is 9.59 Å². The zero-order chi connectivity index (χ0) is 21.4. The van der Waals surface area contributed by atoms with E-state index < -0.39 is 6.04 Å². The van der Waals surface area contributed by atoms with Gasteiger partial charge in [0.2, 0.25) is 16.9 Å². The number of amides is 2. The first kappa shape index (κ1) is 23.1. The topological polar surface area (TPSA) is 87.2 Å². The Kier molecular flexibility index (Phi) is 8.85. The SMILES string of the molecule is CCC(C)C(NC(=O)CCCCl)C(=O)Nc1nnc(-c2ccc(N(C)C)cc2)s1. The maximum Gasteiger partial charge on any atom is 0.249 e. The summed E-state index contributed by atoms with van der Waals surface area (Å²) in [4.78, 5) is 26.9. The van der Waals surface area contributed by atoms with Gasteiger partial charge in [-0.15, -0.1) is 21.8 Å². The second-order valence-corrected chi connectivity index (χ2v) is 8.42. The number of rotatable bonds is 10. The van der Waals surface area contributed by atoms with Gasteiger partial charge in [0.25, 0.3) is 0 Å². The molecule has 7 nitrogen and oxygen atoms in total. The summed E-state index contributed by atoms with van der Waals surface area (Å²) < 4.78 is 0. The molecule has 0 saturated heterocycles. The zero-order valence-corrected chi connectivity index (χ0v) is 18.8. The minimum Gasteiger partial charge on any atom is -0.378 e. The van der Waals surface area contributed by atoms with Crippen LogP contribution in [0.3, 0.4) is 0 Å². The van der Waals surface area contributed by atoms with Gasteiger partial charge in [0, 0.05) is 37.6 Å². The van der Waals surface area contributed by atoms with Crippen LogP contribution in [0.2, 0.25) is 0 Å². The van der Waals surface area contributed by atoms with Gasteiger partial charge in [0.15, 0.2) is 0 Å². The molecule has 0 bridgehead atoms. The van der Waals surface area contributed by atoms with Crippen molar-refractivity contribution in [1.29, 1.82) is 0 Å². The molecule has 2 aromatic rings. The van der Waals surface area contributed by atoms with Crippen molar-refractivity contribution >= 4 is 45.6 Å². The van der Waals surface area contributed by atoms with Crippen LogP contribution in [0.5, 0.6) is 0 Å². The Balaban J connectivity index is 2.06. The number of hydrogen-bond donors (Lipinski definition) is 2. The van der Waals surface area contributed by atoms with E-state index in [1.54, 1.807) is 0 Å². The predicted molar refractivity (Wildman–Crippen MR) is 120 cm³/mol. The summed E-state index contributed by atoms with van der Waals surface area (Å²) in [5, 5.41) is 15.0. The van der Waals surface area contributed by atoms with Crippen molar-refractivity contribution < 1.29 is 9.59 Å². The number of hydrogen-bond acceptors (Lipinski definition) is 6. The number of nitrogens with zero attached hydrogens (tertiary/aromatic N) is 3. The van der Waals surface area contributed by atoms with Gasteiger partial charge in [-0.1, -0.05) is 31.6 Å². The van der Waals surface area contributed by atoms with E-state index in [0.717, 1.165) is 22.7 Å². The summed E-state index contributed by atoms with van der Waals surface area (Å²) >= 11 is 6.94. The highest BCUT2D eigenvalue weighted by atomic mass is 35.5. The summed E-state index contributed by atoms with van der Waals surface area (Å²) in [6, 6.07) is 7.32. The molecule has 0 aliphatic rings. The van der Waals surface area contributed by atoms with Crippen LogP contribution in [-0.4, -0.2) is 48.0 Å². The first-order valence-electron chi connectivity index (χ1n) is 9.63. The first-order chi connectivity index (χ1) is 13.8. The maximum absolute atomic E-state index is 12.8. The quantitative estimate of drug-likeness (QED) is 0.552. The van der Waals surface area contributed by atoms with Gasteiger partial charge >= 0.3 is 0 Å². The van der Waals surface area contributed by atoms with Gasteiger partial charge in [-0.25, -0.2) is 0 Å². The molecule has 2 atom stereocenters. The number of alkyl halides is 1. The minimum absolute atomic E-state index is 0.0130. The van der Waals surface area contributed by atoms with Gasteiger partial charge in [0.05, 0.1) is 0 Å². The fraction of sp³-hybridized carbons (Fsp3) is 0.500. The Hall–Kier alpha value is -2.19. The highest BCUT2D eigenvalue weighted by Crippen LogP contribution is 2.28. The van der Waals surface area contributed by atoms with Crippen molar-refractivity contribution in [3.05, 3.63) is 24.3 Å². The van der Waals surface area contributed by atoms with Crippen LogP contribution in [0.4, 0.5) is 10.8 Å². The number of carbonyl (C=O) groups excluding carboxylic acids is 2. The average molecular weight is 438 g/mol.